The monoisotopic (exact) mass is 366 g/mol. The van der Waals surface area contributed by atoms with Gasteiger partial charge in [-0.1, -0.05) is 0 Å². The maximum Gasteiger partial charge on any atom is 0.254 e. The fourth-order valence-corrected chi connectivity index (χ4v) is 6.18. The van der Waals surface area contributed by atoms with E-state index >= 15 is 0 Å². The molecule has 0 aliphatic heterocycles. The van der Waals surface area contributed by atoms with Crippen molar-refractivity contribution >= 4 is 11.7 Å². The summed E-state index contributed by atoms with van der Waals surface area (Å²) in [5.41, 5.74) is 7.45. The first-order valence-electron chi connectivity index (χ1n) is 9.93. The Morgan fingerprint density at radius 1 is 1.19 bits per heavy atom. The first-order chi connectivity index (χ1) is 13.0. The Kier molecular flexibility index (Phi) is 3.74. The first kappa shape index (κ1) is 16.7. The van der Waals surface area contributed by atoms with Gasteiger partial charge in [0.1, 0.15) is 0 Å². The molecule has 3 N–H and O–H groups in total. The van der Waals surface area contributed by atoms with Gasteiger partial charge in [0, 0.05) is 25.1 Å². The molecule has 1 amide bonds. The molecule has 0 radical (unpaired) electrons. The summed E-state index contributed by atoms with van der Waals surface area (Å²) in [4.78, 5) is 21.1. The highest BCUT2D eigenvalue weighted by Gasteiger charge is 2.50. The van der Waals surface area contributed by atoms with E-state index in [4.69, 9.17) is 5.73 Å². The quantitative estimate of drug-likeness (QED) is 0.866. The minimum atomic E-state index is -0.0584. The van der Waals surface area contributed by atoms with Gasteiger partial charge in [0.25, 0.3) is 5.91 Å². The standard InChI is InChI=1S/C20H26N6O/c1-12-16(10-26(25-12)18-17(21)22-2-3-23-18)19(27)24-11-20-7-13-4-14(8-20)6-15(5-13)9-20/h2-3,10,13-15H,4-9,11H2,1H3,(H2,21,22)(H,24,27). The molecule has 142 valence electrons. The van der Waals surface area contributed by atoms with Gasteiger partial charge in [-0.3, -0.25) is 4.79 Å². The zero-order valence-corrected chi connectivity index (χ0v) is 15.7. The lowest BCUT2D eigenvalue weighted by Gasteiger charge is -2.56. The Morgan fingerprint density at radius 2 is 1.81 bits per heavy atom. The molecule has 2 aromatic rings. The van der Waals surface area contributed by atoms with Crippen molar-refractivity contribution in [1.82, 2.24) is 25.1 Å². The van der Waals surface area contributed by atoms with E-state index in [1.807, 2.05) is 6.92 Å². The number of nitrogen functional groups attached to an aromatic ring is 1. The number of aromatic nitrogens is 4. The summed E-state index contributed by atoms with van der Waals surface area (Å²) < 4.78 is 1.54. The van der Waals surface area contributed by atoms with Crippen molar-refractivity contribution < 1.29 is 4.79 Å². The number of nitrogens with one attached hydrogen (secondary N) is 1. The first-order valence-corrected chi connectivity index (χ1v) is 9.93. The lowest BCUT2D eigenvalue weighted by Crippen LogP contribution is -2.51. The lowest BCUT2D eigenvalue weighted by atomic mass is 9.49. The number of rotatable bonds is 4. The number of nitrogens with two attached hydrogens (primary N) is 1. The highest BCUT2D eigenvalue weighted by Crippen LogP contribution is 2.59. The van der Waals surface area contributed by atoms with Crippen molar-refractivity contribution in [2.24, 2.45) is 23.2 Å². The second-order valence-corrected chi connectivity index (χ2v) is 8.94. The Balaban J connectivity index is 1.31. The van der Waals surface area contributed by atoms with E-state index in [2.05, 4.69) is 20.4 Å². The summed E-state index contributed by atoms with van der Waals surface area (Å²) in [6.07, 6.45) is 12.9. The molecule has 27 heavy (non-hydrogen) atoms. The largest absolute Gasteiger partial charge is 0.381 e. The Morgan fingerprint density at radius 3 is 2.44 bits per heavy atom. The van der Waals surface area contributed by atoms with Crippen LogP contribution in [0.2, 0.25) is 0 Å². The second kappa shape index (κ2) is 6.04. The van der Waals surface area contributed by atoms with Crippen molar-refractivity contribution in [1.29, 1.82) is 0 Å². The van der Waals surface area contributed by atoms with Crippen LogP contribution in [-0.4, -0.2) is 32.2 Å². The number of amides is 1. The number of hydrogen-bond donors (Lipinski definition) is 2. The third-order valence-electron chi connectivity index (χ3n) is 6.86. The minimum absolute atomic E-state index is 0.0584. The van der Waals surface area contributed by atoms with Crippen molar-refractivity contribution in [3.05, 3.63) is 29.8 Å². The van der Waals surface area contributed by atoms with Crippen LogP contribution in [0.1, 0.15) is 54.6 Å². The van der Waals surface area contributed by atoms with E-state index in [0.717, 1.165) is 24.3 Å². The van der Waals surface area contributed by atoms with Gasteiger partial charge in [-0.25, -0.2) is 14.6 Å². The molecule has 0 unspecified atom stereocenters. The smallest absolute Gasteiger partial charge is 0.254 e. The zero-order valence-electron chi connectivity index (χ0n) is 15.7. The summed E-state index contributed by atoms with van der Waals surface area (Å²) in [5, 5.41) is 7.63. The van der Waals surface area contributed by atoms with Crippen LogP contribution in [-0.2, 0) is 0 Å². The molecule has 2 heterocycles. The van der Waals surface area contributed by atoms with Gasteiger partial charge in [0.2, 0.25) is 0 Å². The van der Waals surface area contributed by atoms with Crippen LogP contribution in [0.4, 0.5) is 5.82 Å². The summed E-state index contributed by atoms with van der Waals surface area (Å²) in [6.45, 7) is 2.62. The van der Waals surface area contributed by atoms with E-state index in [-0.39, 0.29) is 5.91 Å². The molecule has 4 aliphatic carbocycles. The van der Waals surface area contributed by atoms with Gasteiger partial charge in [-0.2, -0.15) is 5.10 Å². The van der Waals surface area contributed by atoms with Crippen LogP contribution in [0.25, 0.3) is 5.82 Å². The Hall–Kier alpha value is -2.44. The lowest BCUT2D eigenvalue weighted by molar-refractivity contribution is -0.0503. The molecular formula is C20H26N6O. The van der Waals surface area contributed by atoms with Crippen molar-refractivity contribution in [2.75, 3.05) is 12.3 Å². The average molecular weight is 366 g/mol. The maximum atomic E-state index is 12.9. The summed E-state index contributed by atoms with van der Waals surface area (Å²) in [5.74, 6) is 3.34. The average Bonchev–Trinajstić information content (AvgIpc) is 3.01. The molecule has 0 saturated heterocycles. The molecule has 2 aromatic heterocycles. The zero-order chi connectivity index (χ0) is 18.6. The summed E-state index contributed by atoms with van der Waals surface area (Å²) in [7, 11) is 0. The van der Waals surface area contributed by atoms with Gasteiger partial charge < -0.3 is 11.1 Å². The number of anilines is 1. The van der Waals surface area contributed by atoms with Crippen LogP contribution in [0, 0.1) is 30.1 Å². The normalized spacial score (nSPS) is 31.2. The predicted molar refractivity (Wildman–Crippen MR) is 101 cm³/mol. The van der Waals surface area contributed by atoms with Crippen molar-refractivity contribution in [2.45, 2.75) is 45.4 Å². The summed E-state index contributed by atoms with van der Waals surface area (Å²) >= 11 is 0. The number of hydrogen-bond acceptors (Lipinski definition) is 5. The third-order valence-corrected chi connectivity index (χ3v) is 6.86. The van der Waals surface area contributed by atoms with Crippen LogP contribution < -0.4 is 11.1 Å². The van der Waals surface area contributed by atoms with Gasteiger partial charge >= 0.3 is 0 Å². The molecule has 7 heteroatoms. The molecule has 0 spiro atoms. The van der Waals surface area contributed by atoms with Gasteiger partial charge in [0.15, 0.2) is 11.6 Å². The van der Waals surface area contributed by atoms with E-state index in [0.29, 0.717) is 28.3 Å². The van der Waals surface area contributed by atoms with Crippen LogP contribution >= 0.6 is 0 Å². The SMILES string of the molecule is Cc1nn(-c2nccnc2N)cc1C(=O)NCC12CC3CC(CC(C3)C1)C2. The van der Waals surface area contributed by atoms with Crippen molar-refractivity contribution in [3.8, 4) is 5.82 Å². The minimum Gasteiger partial charge on any atom is -0.381 e. The molecule has 7 nitrogen and oxygen atoms in total. The predicted octanol–water partition coefficient (Wildman–Crippen LogP) is 2.50. The van der Waals surface area contributed by atoms with Crippen LogP contribution in [0.5, 0.6) is 0 Å². The Bertz CT molecular complexity index is 853. The van der Waals surface area contributed by atoms with E-state index < -0.39 is 0 Å². The van der Waals surface area contributed by atoms with Crippen LogP contribution in [0.3, 0.4) is 0 Å². The fourth-order valence-electron chi connectivity index (χ4n) is 6.18. The molecule has 4 saturated carbocycles. The molecule has 4 fully saturated rings. The van der Waals surface area contributed by atoms with Crippen molar-refractivity contribution in [3.63, 3.8) is 0 Å². The topological polar surface area (TPSA) is 98.7 Å². The fraction of sp³-hybridized carbons (Fsp3) is 0.600. The Labute approximate surface area is 158 Å². The molecule has 6 rings (SSSR count). The van der Waals surface area contributed by atoms with E-state index in [1.165, 1.54) is 49.4 Å². The van der Waals surface area contributed by atoms with Gasteiger partial charge in [0.05, 0.1) is 11.3 Å². The number of carbonyl (C=O) groups is 1. The highest BCUT2D eigenvalue weighted by molar-refractivity contribution is 5.95. The van der Waals surface area contributed by atoms with Crippen LogP contribution in [0.15, 0.2) is 18.6 Å². The molecule has 4 aliphatic rings. The van der Waals surface area contributed by atoms with E-state index in [1.54, 1.807) is 12.4 Å². The molecule has 0 aromatic carbocycles. The molecule has 4 bridgehead atoms. The van der Waals surface area contributed by atoms with Gasteiger partial charge in [-0.05, 0) is 68.6 Å². The second-order valence-electron chi connectivity index (χ2n) is 8.94. The molecular weight excluding hydrogens is 340 g/mol. The highest BCUT2D eigenvalue weighted by atomic mass is 16.1. The molecule has 0 atom stereocenters. The third kappa shape index (κ3) is 2.89. The summed E-state index contributed by atoms with van der Waals surface area (Å²) in [6, 6.07) is 0. The maximum absolute atomic E-state index is 12.9. The number of aryl methyl sites for hydroxylation is 1. The number of nitrogens with zero attached hydrogens (tertiary/aromatic N) is 4. The number of carbonyl (C=O) groups excluding carboxylic acids is 1. The van der Waals surface area contributed by atoms with E-state index in [9.17, 15) is 4.79 Å². The van der Waals surface area contributed by atoms with Gasteiger partial charge in [-0.15, -0.1) is 0 Å².